The molecule has 1 atom stereocenters. The number of aliphatic hydroxyl groups excluding tert-OH is 1. The molecule has 1 N–H and O–H groups in total. The van der Waals surface area contributed by atoms with Crippen molar-refractivity contribution in [3.63, 3.8) is 0 Å². The van der Waals surface area contributed by atoms with Gasteiger partial charge in [-0.25, -0.2) is 0 Å². The van der Waals surface area contributed by atoms with Gasteiger partial charge in [-0.2, -0.15) is 0 Å². The van der Waals surface area contributed by atoms with Crippen molar-refractivity contribution in [3.8, 4) is 0 Å². The van der Waals surface area contributed by atoms with Gasteiger partial charge in [-0.15, -0.1) is 0 Å². The third-order valence-electron chi connectivity index (χ3n) is 2.59. The fourth-order valence-corrected chi connectivity index (χ4v) is 1.69. The highest BCUT2D eigenvalue weighted by atomic mass is 16.5. The minimum absolute atomic E-state index is 0.0477. The van der Waals surface area contributed by atoms with E-state index in [9.17, 15) is 9.59 Å². The lowest BCUT2D eigenvalue weighted by atomic mass is 10.1. The van der Waals surface area contributed by atoms with Crippen LogP contribution in [-0.4, -0.2) is 36.9 Å². The van der Waals surface area contributed by atoms with Gasteiger partial charge >= 0.3 is 5.97 Å². The molecule has 0 aliphatic rings. The second-order valence-electron chi connectivity index (χ2n) is 4.36. The number of carbonyl (C=O) groups excluding carboxylic acids is 2. The topological polar surface area (TPSA) is 72.8 Å². The van der Waals surface area contributed by atoms with E-state index in [0.717, 1.165) is 32.1 Å². The van der Waals surface area contributed by atoms with Crippen LogP contribution in [0.25, 0.3) is 0 Å². The van der Waals surface area contributed by atoms with Gasteiger partial charge in [0.1, 0.15) is 6.10 Å². The molecule has 0 saturated carbocycles. The second-order valence-corrected chi connectivity index (χ2v) is 4.36. The molecular weight excluding hydrogens is 260 g/mol. The molecule has 0 radical (unpaired) electrons. The Balaban J connectivity index is 0. The normalized spacial score (nSPS) is 11.0. The van der Waals surface area contributed by atoms with Gasteiger partial charge in [0, 0.05) is 13.0 Å². The van der Waals surface area contributed by atoms with Crippen LogP contribution in [0.4, 0.5) is 0 Å². The molecule has 0 aromatic rings. The first-order valence-corrected chi connectivity index (χ1v) is 7.51. The van der Waals surface area contributed by atoms with Crippen LogP contribution in [-0.2, 0) is 19.1 Å². The number of hydrogen-bond donors (Lipinski definition) is 1. The lowest BCUT2D eigenvalue weighted by Gasteiger charge is -2.14. The van der Waals surface area contributed by atoms with Gasteiger partial charge in [0.25, 0.3) is 6.47 Å². The standard InChI is InChI=1S/C13H24O4.C2H6O/c1-3-5-6-8-12(17-11-14)9-7-10-13(15)16-4-2;1-2-3/h11-12H,3-10H2,1-2H3;3H,2H2,1H3. The molecule has 0 spiro atoms. The average Bonchev–Trinajstić information content (AvgIpc) is 2.40. The summed E-state index contributed by atoms with van der Waals surface area (Å²) in [7, 11) is 0. The van der Waals surface area contributed by atoms with E-state index < -0.39 is 0 Å². The van der Waals surface area contributed by atoms with Crippen molar-refractivity contribution in [2.75, 3.05) is 13.2 Å². The Morgan fingerprint density at radius 2 is 1.75 bits per heavy atom. The quantitative estimate of drug-likeness (QED) is 0.360. The van der Waals surface area contributed by atoms with Crippen LogP contribution < -0.4 is 0 Å². The van der Waals surface area contributed by atoms with Crippen molar-refractivity contribution in [2.45, 2.75) is 71.8 Å². The molecule has 0 aliphatic heterocycles. The predicted octanol–water partition coefficient (Wildman–Crippen LogP) is 2.84. The largest absolute Gasteiger partial charge is 0.466 e. The molecular formula is C15H30O5. The Morgan fingerprint density at radius 3 is 2.25 bits per heavy atom. The minimum Gasteiger partial charge on any atom is -0.466 e. The Kier molecular flexibility index (Phi) is 19.0. The maximum atomic E-state index is 11.1. The van der Waals surface area contributed by atoms with E-state index in [2.05, 4.69) is 6.92 Å². The molecule has 0 heterocycles. The average molecular weight is 290 g/mol. The summed E-state index contributed by atoms with van der Waals surface area (Å²) < 4.78 is 9.83. The van der Waals surface area contributed by atoms with Crippen molar-refractivity contribution in [3.05, 3.63) is 0 Å². The molecule has 0 amide bonds. The summed E-state index contributed by atoms with van der Waals surface area (Å²) in [5.74, 6) is -0.175. The first-order chi connectivity index (χ1) is 9.65. The summed E-state index contributed by atoms with van der Waals surface area (Å²) >= 11 is 0. The van der Waals surface area contributed by atoms with E-state index in [1.54, 1.807) is 13.8 Å². The molecule has 0 rings (SSSR count). The lowest BCUT2D eigenvalue weighted by molar-refractivity contribution is -0.143. The maximum Gasteiger partial charge on any atom is 0.305 e. The minimum atomic E-state index is -0.175. The van der Waals surface area contributed by atoms with Crippen molar-refractivity contribution in [2.24, 2.45) is 0 Å². The molecule has 0 aromatic heterocycles. The molecule has 0 bridgehead atoms. The van der Waals surface area contributed by atoms with Crippen molar-refractivity contribution < 1.29 is 24.2 Å². The Morgan fingerprint density at radius 1 is 1.15 bits per heavy atom. The number of carbonyl (C=O) groups is 2. The van der Waals surface area contributed by atoms with E-state index in [1.165, 1.54) is 0 Å². The smallest absolute Gasteiger partial charge is 0.305 e. The Bertz CT molecular complexity index is 218. The Labute approximate surface area is 122 Å². The number of ether oxygens (including phenoxy) is 2. The zero-order chi connectivity index (χ0) is 15.6. The highest BCUT2D eigenvalue weighted by Crippen LogP contribution is 2.13. The molecule has 20 heavy (non-hydrogen) atoms. The SMILES string of the molecule is CCCCCC(CCCC(=O)OCC)OC=O.CCO. The molecule has 120 valence electrons. The van der Waals surface area contributed by atoms with E-state index in [0.29, 0.717) is 25.9 Å². The zero-order valence-electron chi connectivity index (χ0n) is 13.1. The van der Waals surface area contributed by atoms with E-state index in [1.807, 2.05) is 0 Å². The number of aliphatic hydroxyl groups is 1. The highest BCUT2D eigenvalue weighted by molar-refractivity contribution is 5.69. The van der Waals surface area contributed by atoms with Crippen molar-refractivity contribution >= 4 is 12.4 Å². The first kappa shape index (κ1) is 21.2. The third-order valence-corrected chi connectivity index (χ3v) is 2.59. The van der Waals surface area contributed by atoms with E-state index in [4.69, 9.17) is 14.6 Å². The van der Waals surface area contributed by atoms with Gasteiger partial charge in [0.05, 0.1) is 6.61 Å². The summed E-state index contributed by atoms with van der Waals surface area (Å²) in [5, 5.41) is 7.57. The highest BCUT2D eigenvalue weighted by Gasteiger charge is 2.10. The summed E-state index contributed by atoms with van der Waals surface area (Å²) in [5.41, 5.74) is 0. The molecule has 0 saturated heterocycles. The number of esters is 1. The maximum absolute atomic E-state index is 11.1. The van der Waals surface area contributed by atoms with Crippen LogP contribution in [0.5, 0.6) is 0 Å². The fraction of sp³-hybridized carbons (Fsp3) is 0.867. The van der Waals surface area contributed by atoms with Crippen LogP contribution in [0.3, 0.4) is 0 Å². The third kappa shape index (κ3) is 16.9. The van der Waals surface area contributed by atoms with Gasteiger partial charge in [-0.3, -0.25) is 9.59 Å². The monoisotopic (exact) mass is 290 g/mol. The lowest BCUT2D eigenvalue weighted by Crippen LogP contribution is -2.13. The fourth-order valence-electron chi connectivity index (χ4n) is 1.69. The molecule has 5 nitrogen and oxygen atoms in total. The van der Waals surface area contributed by atoms with Gasteiger partial charge in [0.15, 0.2) is 0 Å². The zero-order valence-corrected chi connectivity index (χ0v) is 13.1. The number of hydrogen-bond acceptors (Lipinski definition) is 5. The second kappa shape index (κ2) is 17.9. The predicted molar refractivity (Wildman–Crippen MR) is 78.3 cm³/mol. The molecule has 0 aliphatic carbocycles. The Hall–Kier alpha value is -1.10. The van der Waals surface area contributed by atoms with Crippen LogP contribution >= 0.6 is 0 Å². The number of unbranched alkanes of at least 4 members (excludes halogenated alkanes) is 2. The van der Waals surface area contributed by atoms with Crippen molar-refractivity contribution in [1.82, 2.24) is 0 Å². The van der Waals surface area contributed by atoms with Crippen LogP contribution in [0.15, 0.2) is 0 Å². The first-order valence-electron chi connectivity index (χ1n) is 7.51. The molecule has 0 fully saturated rings. The molecule has 0 aromatic carbocycles. The molecule has 5 heteroatoms. The summed E-state index contributed by atoms with van der Waals surface area (Å²) in [6.07, 6.45) is 6.05. The van der Waals surface area contributed by atoms with Crippen LogP contribution in [0, 0.1) is 0 Å². The van der Waals surface area contributed by atoms with E-state index in [-0.39, 0.29) is 18.7 Å². The van der Waals surface area contributed by atoms with Gasteiger partial charge in [0.2, 0.25) is 0 Å². The van der Waals surface area contributed by atoms with Crippen LogP contribution in [0.1, 0.15) is 65.7 Å². The van der Waals surface area contributed by atoms with Gasteiger partial charge in [-0.05, 0) is 39.5 Å². The van der Waals surface area contributed by atoms with E-state index >= 15 is 0 Å². The molecule has 1 unspecified atom stereocenters. The summed E-state index contributed by atoms with van der Waals surface area (Å²) in [6, 6.07) is 0. The summed E-state index contributed by atoms with van der Waals surface area (Å²) in [4.78, 5) is 21.4. The van der Waals surface area contributed by atoms with Crippen LogP contribution in [0.2, 0.25) is 0 Å². The van der Waals surface area contributed by atoms with Gasteiger partial charge < -0.3 is 14.6 Å². The van der Waals surface area contributed by atoms with Crippen molar-refractivity contribution in [1.29, 1.82) is 0 Å². The summed E-state index contributed by atoms with van der Waals surface area (Å²) in [6.45, 7) is 6.78. The van der Waals surface area contributed by atoms with Gasteiger partial charge in [-0.1, -0.05) is 19.8 Å². The number of rotatable bonds is 11.